The van der Waals surface area contributed by atoms with Gasteiger partial charge < -0.3 is 5.32 Å². The van der Waals surface area contributed by atoms with E-state index in [4.69, 9.17) is 11.6 Å². The summed E-state index contributed by atoms with van der Waals surface area (Å²) in [5.41, 5.74) is 6.52. The summed E-state index contributed by atoms with van der Waals surface area (Å²) in [6.45, 7) is 0. The van der Waals surface area contributed by atoms with Crippen LogP contribution in [0.4, 0.5) is 5.69 Å². The monoisotopic (exact) mass is 347 g/mol. The van der Waals surface area contributed by atoms with E-state index in [1.165, 1.54) is 17.7 Å². The lowest BCUT2D eigenvalue weighted by Gasteiger charge is -2.23. The Morgan fingerprint density at radius 1 is 0.880 bits per heavy atom. The van der Waals surface area contributed by atoms with Crippen LogP contribution in [-0.2, 0) is 0 Å². The molecule has 0 atom stereocenters. The molecule has 0 radical (unpaired) electrons. The van der Waals surface area contributed by atoms with Gasteiger partial charge in [0.05, 0.1) is 23.3 Å². The fourth-order valence-electron chi connectivity index (χ4n) is 2.86. The number of rotatable bonds is 4. The van der Waals surface area contributed by atoms with Crippen LogP contribution in [0, 0.1) is 0 Å². The van der Waals surface area contributed by atoms with Crippen molar-refractivity contribution in [3.05, 3.63) is 83.2 Å². The molecule has 4 rings (SSSR count). The Labute approximate surface area is 152 Å². The Kier molecular flexibility index (Phi) is 4.49. The van der Waals surface area contributed by atoms with Crippen LogP contribution in [-0.4, -0.2) is 9.97 Å². The molecule has 3 nitrogen and oxygen atoms in total. The third-order valence-corrected chi connectivity index (χ3v) is 4.66. The predicted octanol–water partition coefficient (Wildman–Crippen LogP) is 5.80. The van der Waals surface area contributed by atoms with Crippen molar-refractivity contribution in [3.63, 3.8) is 0 Å². The van der Waals surface area contributed by atoms with E-state index in [2.05, 4.69) is 27.4 Å². The molecule has 1 aliphatic rings. The number of pyridine rings is 2. The van der Waals surface area contributed by atoms with Crippen LogP contribution in [0.2, 0.25) is 5.02 Å². The molecule has 0 bridgehead atoms. The van der Waals surface area contributed by atoms with Gasteiger partial charge in [-0.3, -0.25) is 9.97 Å². The summed E-state index contributed by atoms with van der Waals surface area (Å²) in [6.07, 6.45) is 7.18. The smallest absolute Gasteiger partial charge is 0.0887 e. The van der Waals surface area contributed by atoms with Crippen molar-refractivity contribution in [2.75, 3.05) is 5.32 Å². The maximum atomic E-state index is 6.03. The van der Waals surface area contributed by atoms with Gasteiger partial charge in [-0.05, 0) is 66.8 Å². The minimum absolute atomic E-state index is 0.753. The highest BCUT2D eigenvalue weighted by molar-refractivity contribution is 6.30. The highest BCUT2D eigenvalue weighted by Gasteiger charge is 2.16. The molecule has 124 valence electrons. The first-order valence-corrected chi connectivity index (χ1v) is 8.80. The summed E-state index contributed by atoms with van der Waals surface area (Å²) in [5.74, 6) is 0. The first-order chi connectivity index (χ1) is 12.3. The first-order valence-electron chi connectivity index (χ1n) is 8.42. The van der Waals surface area contributed by atoms with Gasteiger partial charge in [0.25, 0.3) is 0 Å². The van der Waals surface area contributed by atoms with Crippen molar-refractivity contribution < 1.29 is 0 Å². The number of anilines is 1. The quantitative estimate of drug-likeness (QED) is 0.647. The van der Waals surface area contributed by atoms with E-state index in [0.717, 1.165) is 40.5 Å². The summed E-state index contributed by atoms with van der Waals surface area (Å²) in [5, 5.41) is 4.30. The van der Waals surface area contributed by atoms with E-state index in [1.807, 2.05) is 48.7 Å². The van der Waals surface area contributed by atoms with Crippen molar-refractivity contribution in [1.29, 1.82) is 0 Å². The molecule has 2 heterocycles. The minimum Gasteiger partial charge on any atom is -0.354 e. The molecule has 4 heteroatoms. The number of allylic oxidation sites excluding steroid dienone is 1. The molecular formula is C21H18ClN3. The van der Waals surface area contributed by atoms with Crippen LogP contribution < -0.4 is 5.32 Å². The van der Waals surface area contributed by atoms with Gasteiger partial charge in [0.15, 0.2) is 0 Å². The third-order valence-electron chi connectivity index (χ3n) is 4.40. The lowest BCUT2D eigenvalue weighted by Crippen LogP contribution is -2.08. The number of halogens is 1. The zero-order valence-corrected chi connectivity index (χ0v) is 14.5. The molecule has 0 spiro atoms. The SMILES string of the molecule is Clc1ccc(C(Nc2ccc(-c3ccccn3)nc2)=C2CCC2)cc1. The van der Waals surface area contributed by atoms with Crippen LogP contribution in [0.3, 0.4) is 0 Å². The highest BCUT2D eigenvalue weighted by Crippen LogP contribution is 2.34. The summed E-state index contributed by atoms with van der Waals surface area (Å²) in [7, 11) is 0. The van der Waals surface area contributed by atoms with Crippen molar-refractivity contribution in [3.8, 4) is 11.4 Å². The van der Waals surface area contributed by atoms with Gasteiger partial charge in [-0.25, -0.2) is 0 Å². The number of hydrogen-bond acceptors (Lipinski definition) is 3. The molecule has 2 aromatic heterocycles. The van der Waals surface area contributed by atoms with Crippen molar-refractivity contribution in [1.82, 2.24) is 9.97 Å². The van der Waals surface area contributed by atoms with Crippen LogP contribution in [0.1, 0.15) is 24.8 Å². The molecule has 0 aliphatic heterocycles. The maximum absolute atomic E-state index is 6.03. The summed E-state index contributed by atoms with van der Waals surface area (Å²) in [4.78, 5) is 8.89. The fourth-order valence-corrected chi connectivity index (χ4v) is 2.99. The van der Waals surface area contributed by atoms with E-state index in [-0.39, 0.29) is 0 Å². The van der Waals surface area contributed by atoms with E-state index >= 15 is 0 Å². The lowest BCUT2D eigenvalue weighted by molar-refractivity contribution is 0.665. The van der Waals surface area contributed by atoms with Gasteiger partial charge in [-0.15, -0.1) is 0 Å². The van der Waals surface area contributed by atoms with Crippen molar-refractivity contribution in [2.45, 2.75) is 19.3 Å². The van der Waals surface area contributed by atoms with E-state index in [9.17, 15) is 0 Å². The standard InChI is InChI=1S/C21H18ClN3/c22-17-9-7-16(8-10-17)21(15-4-3-5-15)25-18-11-12-20(24-14-18)19-6-1-2-13-23-19/h1-2,6-14,25H,3-5H2. The van der Waals surface area contributed by atoms with Crippen molar-refractivity contribution >= 4 is 23.0 Å². The molecule has 1 fully saturated rings. The molecule has 1 aliphatic carbocycles. The van der Waals surface area contributed by atoms with Crippen molar-refractivity contribution in [2.24, 2.45) is 0 Å². The second-order valence-electron chi connectivity index (χ2n) is 6.11. The number of nitrogens with one attached hydrogen (secondary N) is 1. The van der Waals surface area contributed by atoms with Gasteiger partial charge in [-0.2, -0.15) is 0 Å². The molecule has 25 heavy (non-hydrogen) atoms. The number of benzene rings is 1. The number of nitrogens with zero attached hydrogens (tertiary/aromatic N) is 2. The van der Waals surface area contributed by atoms with Gasteiger partial charge in [-0.1, -0.05) is 29.8 Å². The zero-order chi connectivity index (χ0) is 17.1. The van der Waals surface area contributed by atoms with Crippen LogP contribution >= 0.6 is 11.6 Å². The second kappa shape index (κ2) is 7.08. The molecule has 1 N–H and O–H groups in total. The largest absolute Gasteiger partial charge is 0.354 e. The Morgan fingerprint density at radius 2 is 1.68 bits per heavy atom. The van der Waals surface area contributed by atoms with Gasteiger partial charge in [0.1, 0.15) is 0 Å². The summed E-state index contributed by atoms with van der Waals surface area (Å²) in [6, 6.07) is 17.9. The van der Waals surface area contributed by atoms with Crippen LogP contribution in [0.5, 0.6) is 0 Å². The number of hydrogen-bond donors (Lipinski definition) is 1. The third kappa shape index (κ3) is 3.57. The number of aromatic nitrogens is 2. The van der Waals surface area contributed by atoms with Gasteiger partial charge >= 0.3 is 0 Å². The van der Waals surface area contributed by atoms with E-state index in [0.29, 0.717) is 0 Å². The molecule has 0 unspecified atom stereocenters. The molecule has 1 aromatic carbocycles. The first kappa shape index (κ1) is 15.9. The summed E-state index contributed by atoms with van der Waals surface area (Å²) < 4.78 is 0. The minimum atomic E-state index is 0.753. The topological polar surface area (TPSA) is 37.8 Å². The van der Waals surface area contributed by atoms with E-state index in [1.54, 1.807) is 6.20 Å². The zero-order valence-electron chi connectivity index (χ0n) is 13.7. The normalized spacial score (nSPS) is 13.2. The van der Waals surface area contributed by atoms with E-state index < -0.39 is 0 Å². The van der Waals surface area contributed by atoms with Gasteiger partial charge in [0.2, 0.25) is 0 Å². The Hall–Kier alpha value is -2.65. The second-order valence-corrected chi connectivity index (χ2v) is 6.55. The van der Waals surface area contributed by atoms with Crippen LogP contribution in [0.15, 0.2) is 72.6 Å². The Bertz CT molecular complexity index is 879. The summed E-state index contributed by atoms with van der Waals surface area (Å²) >= 11 is 6.03. The Balaban J connectivity index is 1.60. The molecular weight excluding hydrogens is 330 g/mol. The lowest BCUT2D eigenvalue weighted by atomic mass is 9.88. The molecule has 1 saturated carbocycles. The highest BCUT2D eigenvalue weighted by atomic mass is 35.5. The molecule has 0 amide bonds. The Morgan fingerprint density at radius 3 is 2.28 bits per heavy atom. The fraction of sp³-hybridized carbons (Fsp3) is 0.143. The van der Waals surface area contributed by atoms with Crippen LogP contribution in [0.25, 0.3) is 17.1 Å². The molecule has 0 saturated heterocycles. The van der Waals surface area contributed by atoms with Gasteiger partial charge in [0, 0.05) is 16.9 Å². The average Bonchev–Trinajstić information content (AvgIpc) is 2.62. The average molecular weight is 348 g/mol. The predicted molar refractivity (Wildman–Crippen MR) is 103 cm³/mol. The molecule has 3 aromatic rings. The maximum Gasteiger partial charge on any atom is 0.0887 e.